The van der Waals surface area contributed by atoms with E-state index in [1.807, 2.05) is 11.0 Å². The zero-order valence-electron chi connectivity index (χ0n) is 14.8. The van der Waals surface area contributed by atoms with Crippen LogP contribution < -0.4 is 10.1 Å². The molecule has 11 heteroatoms. The number of nitrogens with one attached hydrogen (secondary N) is 1. The molecule has 2 rings (SSSR count). The molecule has 1 aliphatic rings. The fraction of sp³-hybridized carbons (Fsp3) is 0.438. The number of methoxy groups -OCH3 is 1. The quantitative estimate of drug-likeness (QED) is 0.457. The van der Waals surface area contributed by atoms with E-state index >= 15 is 0 Å². The van der Waals surface area contributed by atoms with E-state index in [1.54, 1.807) is 19.4 Å². The van der Waals surface area contributed by atoms with E-state index in [9.17, 15) is 19.7 Å². The molecular weight excluding hydrogens is 360 g/mol. The number of hydrogen-bond acceptors (Lipinski definition) is 8. The lowest BCUT2D eigenvalue weighted by Gasteiger charge is -2.30. The van der Waals surface area contributed by atoms with Gasteiger partial charge in [-0.2, -0.15) is 0 Å². The molecular formula is C16H22N4O7. The van der Waals surface area contributed by atoms with Crippen molar-refractivity contribution in [1.82, 2.24) is 15.2 Å². The van der Waals surface area contributed by atoms with Crippen LogP contribution in [-0.4, -0.2) is 57.2 Å². The Bertz CT molecular complexity index is 662. The summed E-state index contributed by atoms with van der Waals surface area (Å²) in [6.45, 7) is 2.14. The number of pyridine rings is 1. The van der Waals surface area contributed by atoms with E-state index in [-0.39, 0.29) is 12.8 Å². The van der Waals surface area contributed by atoms with Crippen LogP contribution in [0.1, 0.15) is 24.8 Å². The van der Waals surface area contributed by atoms with Gasteiger partial charge in [-0.25, -0.2) is 4.98 Å². The molecule has 2 heterocycles. The maximum absolute atomic E-state index is 10.6. The van der Waals surface area contributed by atoms with E-state index in [0.29, 0.717) is 18.2 Å². The summed E-state index contributed by atoms with van der Waals surface area (Å²) in [7, 11) is 1.56. The monoisotopic (exact) mass is 382 g/mol. The topological polar surface area (TPSA) is 155 Å². The number of carboxylic acid groups (broad SMARTS) is 2. The van der Waals surface area contributed by atoms with Crippen LogP contribution in [0, 0.1) is 10.1 Å². The number of nitro groups is 1. The van der Waals surface area contributed by atoms with Crippen molar-refractivity contribution in [3.05, 3.63) is 46.0 Å². The molecule has 0 aromatic carbocycles. The maximum atomic E-state index is 10.6. The number of hydrogen-bond donors (Lipinski definition) is 3. The molecule has 0 saturated carbocycles. The predicted octanol–water partition coefficient (Wildman–Crippen LogP) is 0.897. The molecule has 0 bridgehead atoms. The fourth-order valence-corrected chi connectivity index (χ4v) is 2.17. The highest BCUT2D eigenvalue weighted by Gasteiger charge is 2.17. The van der Waals surface area contributed by atoms with E-state index in [1.165, 1.54) is 0 Å². The van der Waals surface area contributed by atoms with Crippen LogP contribution in [0.4, 0.5) is 0 Å². The zero-order valence-corrected chi connectivity index (χ0v) is 14.8. The molecule has 0 atom stereocenters. The molecule has 1 aliphatic heterocycles. The first kappa shape index (κ1) is 21.7. The van der Waals surface area contributed by atoms with Crippen molar-refractivity contribution in [1.29, 1.82) is 0 Å². The van der Waals surface area contributed by atoms with Crippen LogP contribution in [0.5, 0.6) is 5.88 Å². The summed E-state index contributed by atoms with van der Waals surface area (Å²) in [5.41, 5.74) is 0.985. The van der Waals surface area contributed by atoms with Gasteiger partial charge in [-0.05, 0) is 12.0 Å². The standard InChI is InChI=1S/C12H16N4O3.C4H6O4/c1-19-12-4-3-10(7-14-12)8-15-6-2-5-13-11(15)9-16(17)18;5-3(6)1-2-4(7)8/h3-4,7,9,13H,2,5-6,8H2,1H3;1-2H2,(H,5,6)(H,7,8). The van der Waals surface area contributed by atoms with Crippen LogP contribution in [0.2, 0.25) is 0 Å². The second kappa shape index (κ2) is 11.3. The van der Waals surface area contributed by atoms with E-state index in [0.717, 1.165) is 31.3 Å². The van der Waals surface area contributed by atoms with Crippen LogP contribution >= 0.6 is 0 Å². The van der Waals surface area contributed by atoms with Crippen LogP contribution in [0.25, 0.3) is 0 Å². The summed E-state index contributed by atoms with van der Waals surface area (Å²) < 4.78 is 5.00. The van der Waals surface area contributed by atoms with Gasteiger partial charge in [0.05, 0.1) is 24.9 Å². The molecule has 3 N–H and O–H groups in total. The van der Waals surface area contributed by atoms with E-state index in [2.05, 4.69) is 10.3 Å². The van der Waals surface area contributed by atoms with Gasteiger partial charge in [0.2, 0.25) is 5.88 Å². The number of rotatable bonds is 7. The Morgan fingerprint density at radius 3 is 2.52 bits per heavy atom. The largest absolute Gasteiger partial charge is 0.481 e. The Kier molecular flexibility index (Phi) is 9.06. The van der Waals surface area contributed by atoms with Crippen molar-refractivity contribution in [3.8, 4) is 5.88 Å². The van der Waals surface area contributed by atoms with Crippen molar-refractivity contribution in [2.75, 3.05) is 20.2 Å². The highest BCUT2D eigenvalue weighted by molar-refractivity contribution is 5.75. The smallest absolute Gasteiger partial charge is 0.303 e. The third-order valence-electron chi connectivity index (χ3n) is 3.41. The first-order valence-corrected chi connectivity index (χ1v) is 8.08. The van der Waals surface area contributed by atoms with E-state index < -0.39 is 16.9 Å². The zero-order chi connectivity index (χ0) is 20.2. The van der Waals surface area contributed by atoms with Crippen molar-refractivity contribution in [2.24, 2.45) is 0 Å². The highest BCUT2D eigenvalue weighted by Crippen LogP contribution is 2.14. The van der Waals surface area contributed by atoms with Gasteiger partial charge in [0.25, 0.3) is 6.20 Å². The lowest BCUT2D eigenvalue weighted by atomic mass is 10.2. The van der Waals surface area contributed by atoms with E-state index in [4.69, 9.17) is 14.9 Å². The van der Waals surface area contributed by atoms with Gasteiger partial charge in [0.15, 0.2) is 5.82 Å². The minimum atomic E-state index is -1.08. The molecule has 1 aromatic heterocycles. The van der Waals surface area contributed by atoms with Gasteiger partial charge in [-0.15, -0.1) is 0 Å². The van der Waals surface area contributed by atoms with Crippen LogP contribution in [0.3, 0.4) is 0 Å². The third kappa shape index (κ3) is 9.05. The Balaban J connectivity index is 0.000000387. The second-order valence-corrected chi connectivity index (χ2v) is 5.50. The molecule has 27 heavy (non-hydrogen) atoms. The van der Waals surface area contributed by atoms with Gasteiger partial charge in [0, 0.05) is 31.9 Å². The maximum Gasteiger partial charge on any atom is 0.303 e. The minimum absolute atomic E-state index is 0.296. The molecule has 0 radical (unpaired) electrons. The van der Waals surface area contributed by atoms with Crippen LogP contribution in [0.15, 0.2) is 30.4 Å². The summed E-state index contributed by atoms with van der Waals surface area (Å²) in [4.78, 5) is 35.5. The molecule has 0 amide bonds. The van der Waals surface area contributed by atoms with Gasteiger partial charge in [-0.1, -0.05) is 6.07 Å². The molecule has 0 unspecified atom stereocenters. The first-order valence-electron chi connectivity index (χ1n) is 8.08. The number of carboxylic acids is 2. The molecule has 1 fully saturated rings. The first-order chi connectivity index (χ1) is 12.8. The molecule has 11 nitrogen and oxygen atoms in total. The Morgan fingerprint density at radius 1 is 1.37 bits per heavy atom. The van der Waals surface area contributed by atoms with Crippen molar-refractivity contribution >= 4 is 11.9 Å². The highest BCUT2D eigenvalue weighted by atomic mass is 16.6. The lowest BCUT2D eigenvalue weighted by molar-refractivity contribution is -0.405. The minimum Gasteiger partial charge on any atom is -0.481 e. The lowest BCUT2D eigenvalue weighted by Crippen LogP contribution is -2.39. The Labute approximate surface area is 155 Å². The Morgan fingerprint density at radius 2 is 2.04 bits per heavy atom. The third-order valence-corrected chi connectivity index (χ3v) is 3.41. The van der Waals surface area contributed by atoms with Gasteiger partial charge in [-0.3, -0.25) is 19.7 Å². The Hall–Kier alpha value is -3.37. The number of nitrogens with zero attached hydrogens (tertiary/aromatic N) is 3. The number of carbonyl (C=O) groups is 2. The molecule has 0 aliphatic carbocycles. The number of aliphatic carboxylic acids is 2. The predicted molar refractivity (Wildman–Crippen MR) is 93.4 cm³/mol. The number of ether oxygens (including phenoxy) is 1. The molecule has 1 aromatic rings. The van der Waals surface area contributed by atoms with Crippen molar-refractivity contribution in [2.45, 2.75) is 25.8 Å². The summed E-state index contributed by atoms with van der Waals surface area (Å²) in [6.07, 6.45) is 3.09. The van der Waals surface area contributed by atoms with Gasteiger partial charge in [0.1, 0.15) is 0 Å². The average molecular weight is 382 g/mol. The summed E-state index contributed by atoms with van der Waals surface area (Å²) in [5, 5.41) is 29.4. The fourth-order valence-electron chi connectivity index (χ4n) is 2.17. The second-order valence-electron chi connectivity index (χ2n) is 5.50. The molecule has 148 valence electrons. The summed E-state index contributed by atoms with van der Waals surface area (Å²) in [5.74, 6) is -1.05. The van der Waals surface area contributed by atoms with Crippen LogP contribution in [-0.2, 0) is 16.1 Å². The van der Waals surface area contributed by atoms with Gasteiger partial charge >= 0.3 is 11.9 Å². The molecule has 1 saturated heterocycles. The summed E-state index contributed by atoms with van der Waals surface area (Å²) >= 11 is 0. The average Bonchev–Trinajstić information content (AvgIpc) is 2.62. The van der Waals surface area contributed by atoms with Gasteiger partial charge < -0.3 is 25.2 Å². The van der Waals surface area contributed by atoms with Crippen molar-refractivity contribution < 1.29 is 29.5 Å². The molecule has 0 spiro atoms. The summed E-state index contributed by atoms with van der Waals surface area (Å²) in [6, 6.07) is 3.69. The van der Waals surface area contributed by atoms with Crippen molar-refractivity contribution in [3.63, 3.8) is 0 Å². The normalized spacial score (nSPS) is 14.6. The SMILES string of the molecule is COc1ccc(CN2CCCNC2=C[N+](=O)[O-])cn1.O=C(O)CCC(=O)O. The number of aromatic nitrogens is 1.